The molecule has 2 aromatic carbocycles. The van der Waals surface area contributed by atoms with Gasteiger partial charge in [-0.3, -0.25) is 0 Å². The van der Waals surface area contributed by atoms with E-state index in [9.17, 15) is 0 Å². The molecule has 0 bridgehead atoms. The molecule has 112 valence electrons. The Morgan fingerprint density at radius 2 is 1.95 bits per heavy atom. The van der Waals surface area contributed by atoms with Gasteiger partial charge in [0.25, 0.3) is 0 Å². The number of nitrogens with one attached hydrogen (secondary N) is 1. The number of para-hydroxylation sites is 1. The second-order valence-corrected chi connectivity index (χ2v) is 6.53. The van der Waals surface area contributed by atoms with Gasteiger partial charge in [-0.25, -0.2) is 0 Å². The monoisotopic (exact) mass is 461 g/mol. The first-order valence-corrected chi connectivity index (χ1v) is 8.48. The van der Waals surface area contributed by atoms with Gasteiger partial charge in [-0.05, 0) is 46.9 Å². The smallest absolute Gasteiger partial charge is 0.140 e. The van der Waals surface area contributed by atoms with E-state index in [4.69, 9.17) is 9.47 Å². The fourth-order valence-corrected chi connectivity index (χ4v) is 2.65. The third-order valence-corrected chi connectivity index (χ3v) is 4.27. The fraction of sp³-hybridized carbons (Fsp3) is 0.250. The van der Waals surface area contributed by atoms with E-state index in [0.29, 0.717) is 6.61 Å². The number of hydrogen-bond donors (Lipinski definition) is 1. The van der Waals surface area contributed by atoms with E-state index in [1.807, 2.05) is 36.4 Å². The molecule has 0 saturated heterocycles. The molecule has 3 nitrogen and oxygen atoms in total. The molecular formula is C16H17BrINO2. The summed E-state index contributed by atoms with van der Waals surface area (Å²) in [6, 6.07) is 14.1. The first-order valence-electron chi connectivity index (χ1n) is 6.61. The van der Waals surface area contributed by atoms with Crippen LogP contribution in [0.1, 0.15) is 5.56 Å². The van der Waals surface area contributed by atoms with Crippen LogP contribution < -0.4 is 10.1 Å². The van der Waals surface area contributed by atoms with Crippen molar-refractivity contribution in [1.29, 1.82) is 0 Å². The Labute approximate surface area is 147 Å². The van der Waals surface area contributed by atoms with Crippen LogP contribution in [0.25, 0.3) is 0 Å². The largest absolute Gasteiger partial charge is 0.456 e. The summed E-state index contributed by atoms with van der Waals surface area (Å²) in [7, 11) is 1.70. The number of rotatable bonds is 7. The Hall–Kier alpha value is -0.630. The summed E-state index contributed by atoms with van der Waals surface area (Å²) < 4.78 is 13.2. The van der Waals surface area contributed by atoms with Gasteiger partial charge in [-0.2, -0.15) is 0 Å². The van der Waals surface area contributed by atoms with Crippen molar-refractivity contribution in [2.45, 2.75) is 6.54 Å². The average molecular weight is 462 g/mol. The average Bonchev–Trinajstić information content (AvgIpc) is 2.48. The minimum atomic E-state index is 0.698. The summed E-state index contributed by atoms with van der Waals surface area (Å²) in [4.78, 5) is 0. The summed E-state index contributed by atoms with van der Waals surface area (Å²) in [6.07, 6.45) is 0. The Balaban J connectivity index is 2.13. The van der Waals surface area contributed by atoms with E-state index in [-0.39, 0.29) is 0 Å². The highest BCUT2D eigenvalue weighted by molar-refractivity contribution is 14.1. The molecule has 0 unspecified atom stereocenters. The third-order valence-electron chi connectivity index (χ3n) is 2.88. The highest BCUT2D eigenvalue weighted by Crippen LogP contribution is 2.31. The van der Waals surface area contributed by atoms with Crippen LogP contribution in [-0.2, 0) is 11.3 Å². The minimum Gasteiger partial charge on any atom is -0.456 e. The molecule has 0 aromatic heterocycles. The lowest BCUT2D eigenvalue weighted by Gasteiger charge is -2.13. The zero-order chi connectivity index (χ0) is 15.1. The predicted molar refractivity (Wildman–Crippen MR) is 97.0 cm³/mol. The van der Waals surface area contributed by atoms with Crippen molar-refractivity contribution in [1.82, 2.24) is 5.32 Å². The Morgan fingerprint density at radius 1 is 1.14 bits per heavy atom. The Bertz CT molecular complexity index is 592. The maximum absolute atomic E-state index is 6.07. The molecule has 0 fully saturated rings. The molecule has 0 aliphatic carbocycles. The predicted octanol–water partition coefficient (Wildman–Crippen LogP) is 4.58. The number of ether oxygens (including phenoxy) is 2. The number of benzene rings is 2. The van der Waals surface area contributed by atoms with Crippen LogP contribution in [-0.4, -0.2) is 20.3 Å². The molecule has 0 aliphatic heterocycles. The summed E-state index contributed by atoms with van der Waals surface area (Å²) in [6.45, 7) is 2.26. The van der Waals surface area contributed by atoms with Crippen molar-refractivity contribution >= 4 is 38.5 Å². The van der Waals surface area contributed by atoms with Crippen LogP contribution in [0.5, 0.6) is 11.5 Å². The van der Waals surface area contributed by atoms with Crippen LogP contribution in [0.15, 0.2) is 46.9 Å². The van der Waals surface area contributed by atoms with E-state index in [2.05, 4.69) is 49.9 Å². The number of hydrogen-bond acceptors (Lipinski definition) is 3. The molecule has 0 amide bonds. The van der Waals surface area contributed by atoms with Gasteiger partial charge in [0, 0.05) is 30.2 Å². The van der Waals surface area contributed by atoms with E-state index < -0.39 is 0 Å². The third kappa shape index (κ3) is 5.25. The van der Waals surface area contributed by atoms with Crippen molar-refractivity contribution in [3.8, 4) is 11.5 Å². The van der Waals surface area contributed by atoms with Crippen LogP contribution in [0.4, 0.5) is 0 Å². The maximum Gasteiger partial charge on any atom is 0.140 e. The zero-order valence-electron chi connectivity index (χ0n) is 11.7. The minimum absolute atomic E-state index is 0.698. The van der Waals surface area contributed by atoms with Gasteiger partial charge in [-0.15, -0.1) is 0 Å². The van der Waals surface area contributed by atoms with E-state index in [1.54, 1.807) is 7.11 Å². The van der Waals surface area contributed by atoms with Gasteiger partial charge in [0.1, 0.15) is 11.5 Å². The van der Waals surface area contributed by atoms with Crippen LogP contribution in [0, 0.1) is 3.57 Å². The molecule has 1 N–H and O–H groups in total. The van der Waals surface area contributed by atoms with E-state index in [0.717, 1.165) is 38.2 Å². The first-order chi connectivity index (χ1) is 10.2. The van der Waals surface area contributed by atoms with Crippen molar-refractivity contribution in [2.75, 3.05) is 20.3 Å². The molecular weight excluding hydrogens is 445 g/mol. The SMILES string of the molecule is COCCNCc1ccc(Br)cc1Oc1ccccc1I. The molecule has 0 atom stereocenters. The van der Waals surface area contributed by atoms with Gasteiger partial charge >= 0.3 is 0 Å². The number of methoxy groups -OCH3 is 1. The van der Waals surface area contributed by atoms with Crippen LogP contribution in [0.3, 0.4) is 0 Å². The maximum atomic E-state index is 6.07. The molecule has 0 aliphatic rings. The number of halogens is 2. The second kappa shape index (κ2) is 8.73. The second-order valence-electron chi connectivity index (χ2n) is 4.45. The lowest BCUT2D eigenvalue weighted by atomic mass is 10.2. The molecule has 2 aromatic rings. The molecule has 0 radical (unpaired) electrons. The molecule has 2 rings (SSSR count). The highest BCUT2D eigenvalue weighted by atomic mass is 127. The molecule has 0 spiro atoms. The Kier molecular flexibility index (Phi) is 6.95. The zero-order valence-corrected chi connectivity index (χ0v) is 15.5. The van der Waals surface area contributed by atoms with E-state index in [1.165, 1.54) is 0 Å². The van der Waals surface area contributed by atoms with Crippen molar-refractivity contribution < 1.29 is 9.47 Å². The normalized spacial score (nSPS) is 10.6. The summed E-state index contributed by atoms with van der Waals surface area (Å²) >= 11 is 5.78. The van der Waals surface area contributed by atoms with Crippen LogP contribution in [0.2, 0.25) is 0 Å². The summed E-state index contributed by atoms with van der Waals surface area (Å²) in [5.74, 6) is 1.73. The van der Waals surface area contributed by atoms with Gasteiger partial charge in [0.2, 0.25) is 0 Å². The summed E-state index contributed by atoms with van der Waals surface area (Å²) in [5, 5.41) is 3.34. The molecule has 5 heteroatoms. The lowest BCUT2D eigenvalue weighted by molar-refractivity contribution is 0.199. The Morgan fingerprint density at radius 3 is 2.71 bits per heavy atom. The van der Waals surface area contributed by atoms with E-state index >= 15 is 0 Å². The fourth-order valence-electron chi connectivity index (χ4n) is 1.81. The van der Waals surface area contributed by atoms with Crippen molar-refractivity contribution in [2.24, 2.45) is 0 Å². The first kappa shape index (κ1) is 16.7. The molecule has 0 saturated carbocycles. The van der Waals surface area contributed by atoms with Gasteiger partial charge in [0.05, 0.1) is 10.2 Å². The van der Waals surface area contributed by atoms with Crippen molar-refractivity contribution in [3.63, 3.8) is 0 Å². The van der Waals surface area contributed by atoms with Crippen molar-refractivity contribution in [3.05, 3.63) is 56.1 Å². The molecule has 0 heterocycles. The molecule has 21 heavy (non-hydrogen) atoms. The quantitative estimate of drug-likeness (QED) is 0.483. The lowest BCUT2D eigenvalue weighted by Crippen LogP contribution is -2.18. The topological polar surface area (TPSA) is 30.5 Å². The summed E-state index contributed by atoms with van der Waals surface area (Å²) in [5.41, 5.74) is 1.12. The van der Waals surface area contributed by atoms with Crippen LogP contribution >= 0.6 is 38.5 Å². The standard InChI is InChI=1S/C16H17BrINO2/c1-20-9-8-19-11-12-6-7-13(17)10-16(12)21-15-5-3-2-4-14(15)18/h2-7,10,19H,8-9,11H2,1H3. The highest BCUT2D eigenvalue weighted by Gasteiger charge is 2.08. The van der Waals surface area contributed by atoms with Gasteiger partial charge in [0.15, 0.2) is 0 Å². The van der Waals surface area contributed by atoms with Gasteiger partial charge in [-0.1, -0.05) is 34.1 Å². The van der Waals surface area contributed by atoms with Gasteiger partial charge < -0.3 is 14.8 Å².